The number of β-lactam (4-membered cyclic amide) rings is 1. The van der Waals surface area contributed by atoms with Crippen LogP contribution >= 0.6 is 46.6 Å². The van der Waals surface area contributed by atoms with Crippen LogP contribution in [0.4, 0.5) is 4.79 Å². The first kappa shape index (κ1) is 28.9. The van der Waals surface area contributed by atoms with Crippen LogP contribution in [0.15, 0.2) is 60.7 Å². The van der Waals surface area contributed by atoms with Gasteiger partial charge in [-0.15, -0.1) is 0 Å². The Hall–Kier alpha value is -2.70. The van der Waals surface area contributed by atoms with Crippen molar-refractivity contribution in [2.75, 3.05) is 13.2 Å². The number of carbonyl (C=O) groups is 4. The summed E-state index contributed by atoms with van der Waals surface area (Å²) in [7, 11) is 0. The Labute approximate surface area is 231 Å². The van der Waals surface area contributed by atoms with E-state index in [4.69, 9.17) is 54.7 Å². The highest BCUT2D eigenvalue weighted by Gasteiger charge is 2.54. The van der Waals surface area contributed by atoms with Gasteiger partial charge in [-0.25, -0.2) is 9.59 Å². The van der Waals surface area contributed by atoms with Gasteiger partial charge in [-0.2, -0.15) is 0 Å². The van der Waals surface area contributed by atoms with Crippen molar-refractivity contribution < 1.29 is 33.4 Å². The summed E-state index contributed by atoms with van der Waals surface area (Å²) in [5.74, 6) is -1.80. The number of para-hydroxylation sites is 1. The number of carbonyl (C=O) groups excluding carboxylic acids is 4. The van der Waals surface area contributed by atoms with E-state index in [0.717, 1.165) is 4.90 Å². The van der Waals surface area contributed by atoms with Gasteiger partial charge in [0.1, 0.15) is 30.4 Å². The van der Waals surface area contributed by atoms with Gasteiger partial charge in [0.25, 0.3) is 11.8 Å². The number of rotatable bonds is 10. The quantitative estimate of drug-likeness (QED) is 0.243. The summed E-state index contributed by atoms with van der Waals surface area (Å²) < 4.78 is 13.6. The molecule has 198 valence electrons. The van der Waals surface area contributed by atoms with E-state index in [-0.39, 0.29) is 6.61 Å². The molecule has 0 aromatic heterocycles. The number of benzene rings is 2. The molecular weight excluding hydrogens is 569 g/mol. The van der Waals surface area contributed by atoms with Gasteiger partial charge in [0.15, 0.2) is 12.8 Å². The van der Waals surface area contributed by atoms with Crippen LogP contribution in [-0.4, -0.2) is 62.6 Å². The number of alkyl halides is 3. The first-order valence-corrected chi connectivity index (χ1v) is 12.7. The summed E-state index contributed by atoms with van der Waals surface area (Å²) in [4.78, 5) is 51.1. The predicted molar refractivity (Wildman–Crippen MR) is 138 cm³/mol. The Bertz CT molecular complexity index is 1110. The lowest BCUT2D eigenvalue weighted by atomic mass is 10.1. The number of nitrogens with one attached hydrogen (secondary N) is 1. The van der Waals surface area contributed by atoms with Gasteiger partial charge in [-0.3, -0.25) is 14.5 Å². The van der Waals surface area contributed by atoms with E-state index in [2.05, 4.69) is 5.32 Å². The molecule has 1 aliphatic rings. The second-order valence-electron chi connectivity index (χ2n) is 7.59. The molecule has 14 heteroatoms. The summed E-state index contributed by atoms with van der Waals surface area (Å²) in [6, 6.07) is 16.2. The average molecular weight is 591 g/mol. The molecule has 1 aliphatic heterocycles. The van der Waals surface area contributed by atoms with Crippen LogP contribution in [0.2, 0.25) is 0 Å². The zero-order chi connectivity index (χ0) is 27.0. The predicted octanol–water partition coefficient (Wildman–Crippen LogP) is 2.99. The monoisotopic (exact) mass is 589 g/mol. The van der Waals surface area contributed by atoms with Gasteiger partial charge < -0.3 is 25.3 Å². The maximum atomic E-state index is 12.9. The number of hydrogen-bond donors (Lipinski definition) is 2. The first-order chi connectivity index (χ1) is 17.5. The molecule has 0 aliphatic carbocycles. The Morgan fingerprint density at radius 1 is 1.03 bits per heavy atom. The summed E-state index contributed by atoms with van der Waals surface area (Å²) in [6.45, 7) is -1.03. The minimum atomic E-state index is -1.86. The number of hydrogen-bond acceptors (Lipinski definition) is 9. The van der Waals surface area contributed by atoms with Crippen molar-refractivity contribution in [3.8, 4) is 5.75 Å². The third kappa shape index (κ3) is 8.68. The molecule has 2 amide bonds. The topological polar surface area (TPSA) is 137 Å². The summed E-state index contributed by atoms with van der Waals surface area (Å²) in [5.41, 5.74) is 6.69. The number of amides is 2. The zero-order valence-corrected chi connectivity index (χ0v) is 22.1. The summed E-state index contributed by atoms with van der Waals surface area (Å²) in [5, 5.41) is 0.457. The number of halogens is 3. The van der Waals surface area contributed by atoms with Gasteiger partial charge in [-0.1, -0.05) is 83.3 Å². The van der Waals surface area contributed by atoms with E-state index in [1.165, 1.54) is 0 Å². The normalized spacial score (nSPS) is 17.8. The second kappa shape index (κ2) is 13.2. The molecule has 37 heavy (non-hydrogen) atoms. The first-order valence-electron chi connectivity index (χ1n) is 10.7. The molecule has 3 atom stereocenters. The lowest BCUT2D eigenvalue weighted by Gasteiger charge is -2.47. The van der Waals surface area contributed by atoms with Crippen LogP contribution in [-0.2, 0) is 30.5 Å². The molecule has 3 unspecified atom stereocenters. The van der Waals surface area contributed by atoms with Crippen molar-refractivity contribution >= 4 is 69.6 Å². The molecule has 3 N–H and O–H groups in total. The Morgan fingerprint density at radius 3 is 2.27 bits per heavy atom. The van der Waals surface area contributed by atoms with Crippen LogP contribution in [0.25, 0.3) is 0 Å². The molecule has 0 saturated carbocycles. The largest absolute Gasteiger partial charge is 0.484 e. The standard InChI is InChI=1S/C23H22Cl3N3O7S/c24-23(25,26)13-36-22(33)37-20-17(28-16(30)12-34-15-9-5-2-6-10-15)19(31)29(20)18(27)21(32)35-11-14-7-3-1-4-8-14/h1-10,17-18,20H,11-13,27H2,(H,28,30). The number of thioether (sulfide) groups is 1. The summed E-state index contributed by atoms with van der Waals surface area (Å²) in [6.07, 6.45) is -1.55. The van der Waals surface area contributed by atoms with E-state index in [0.29, 0.717) is 23.1 Å². The Morgan fingerprint density at radius 2 is 1.65 bits per heavy atom. The third-order valence-corrected chi connectivity index (χ3v) is 6.22. The van der Waals surface area contributed by atoms with Crippen molar-refractivity contribution in [3.63, 3.8) is 0 Å². The molecule has 0 radical (unpaired) electrons. The van der Waals surface area contributed by atoms with Crippen molar-refractivity contribution in [3.05, 3.63) is 66.2 Å². The van der Waals surface area contributed by atoms with E-state index in [1.807, 2.05) is 0 Å². The maximum absolute atomic E-state index is 12.9. The average Bonchev–Trinajstić information content (AvgIpc) is 2.88. The molecule has 3 rings (SSSR count). The third-order valence-electron chi connectivity index (χ3n) is 4.85. The van der Waals surface area contributed by atoms with Crippen LogP contribution < -0.4 is 15.8 Å². The van der Waals surface area contributed by atoms with Gasteiger partial charge >= 0.3 is 11.3 Å². The minimum Gasteiger partial charge on any atom is -0.484 e. The van der Waals surface area contributed by atoms with Crippen LogP contribution in [0, 0.1) is 0 Å². The van der Waals surface area contributed by atoms with Gasteiger partial charge in [-0.05, 0) is 29.5 Å². The lowest BCUT2D eigenvalue weighted by molar-refractivity contribution is -0.165. The van der Waals surface area contributed by atoms with Crippen molar-refractivity contribution in [2.45, 2.75) is 28.0 Å². The molecule has 10 nitrogen and oxygen atoms in total. The smallest absolute Gasteiger partial charge is 0.369 e. The second-order valence-corrected chi connectivity index (χ2v) is 11.2. The molecular formula is C23H22Cl3N3O7S. The number of likely N-dealkylation sites (tertiary alicyclic amines) is 1. The molecule has 1 heterocycles. The fourth-order valence-electron chi connectivity index (χ4n) is 3.12. The van der Waals surface area contributed by atoms with Gasteiger partial charge in [0, 0.05) is 0 Å². The van der Waals surface area contributed by atoms with E-state index in [9.17, 15) is 19.2 Å². The minimum absolute atomic E-state index is 0.0739. The fourth-order valence-corrected chi connectivity index (χ4v) is 4.28. The van der Waals surface area contributed by atoms with E-state index in [1.54, 1.807) is 60.7 Å². The molecule has 0 spiro atoms. The molecule has 2 aromatic carbocycles. The SMILES string of the molecule is NC(C(=O)OCc1ccccc1)N1C(=O)C(NC(=O)COc2ccccc2)C1SC(=O)OCC(Cl)(Cl)Cl. The lowest BCUT2D eigenvalue weighted by Crippen LogP contribution is -2.75. The van der Waals surface area contributed by atoms with Crippen LogP contribution in [0.1, 0.15) is 5.56 Å². The highest BCUT2D eigenvalue weighted by atomic mass is 35.6. The van der Waals surface area contributed by atoms with Gasteiger partial charge in [0.05, 0.1) is 0 Å². The van der Waals surface area contributed by atoms with Crippen molar-refractivity contribution in [1.82, 2.24) is 10.2 Å². The number of nitrogens with zero attached hydrogens (tertiary/aromatic N) is 1. The number of nitrogens with two attached hydrogens (primary N) is 1. The maximum Gasteiger partial charge on any atom is 0.369 e. The van der Waals surface area contributed by atoms with Crippen molar-refractivity contribution in [2.24, 2.45) is 5.73 Å². The van der Waals surface area contributed by atoms with Gasteiger partial charge in [0.2, 0.25) is 3.79 Å². The molecule has 1 saturated heterocycles. The Kier molecular flexibility index (Phi) is 10.3. The molecule has 1 fully saturated rings. The molecule has 0 bridgehead atoms. The Balaban J connectivity index is 1.64. The van der Waals surface area contributed by atoms with Crippen molar-refractivity contribution in [1.29, 1.82) is 0 Å². The van der Waals surface area contributed by atoms with Crippen LogP contribution in [0.3, 0.4) is 0 Å². The molecule has 2 aromatic rings. The number of esters is 1. The number of ether oxygens (including phenoxy) is 3. The highest BCUT2D eigenvalue weighted by molar-refractivity contribution is 8.13. The van der Waals surface area contributed by atoms with E-state index < -0.39 is 57.7 Å². The van der Waals surface area contributed by atoms with E-state index >= 15 is 0 Å². The summed E-state index contributed by atoms with van der Waals surface area (Å²) >= 11 is 17.3. The fraction of sp³-hybridized carbons (Fsp3) is 0.304. The van der Waals surface area contributed by atoms with Crippen LogP contribution in [0.5, 0.6) is 5.75 Å². The highest BCUT2D eigenvalue weighted by Crippen LogP contribution is 2.34. The zero-order valence-electron chi connectivity index (χ0n) is 19.1.